The van der Waals surface area contributed by atoms with E-state index in [0.717, 1.165) is 10.5 Å². The van der Waals surface area contributed by atoms with Crippen LogP contribution in [0.25, 0.3) is 11.3 Å². The lowest BCUT2D eigenvalue weighted by Gasteiger charge is -2.11. The van der Waals surface area contributed by atoms with E-state index < -0.39 is 0 Å². The van der Waals surface area contributed by atoms with E-state index in [1.807, 2.05) is 51.1 Å². The van der Waals surface area contributed by atoms with Crippen molar-refractivity contribution < 1.29 is 14.7 Å². The van der Waals surface area contributed by atoms with Crippen molar-refractivity contribution in [1.82, 2.24) is 5.16 Å². The van der Waals surface area contributed by atoms with E-state index in [0.29, 0.717) is 11.4 Å². The second-order valence-corrected chi connectivity index (χ2v) is 4.76. The predicted molar refractivity (Wildman–Crippen MR) is 58.0 cm³/mol. The molecule has 0 spiro atoms. The smallest absolute Gasteiger partial charge is 0.281 e. The van der Waals surface area contributed by atoms with Gasteiger partial charge in [-0.15, -0.1) is 0 Å². The van der Waals surface area contributed by atoms with Crippen molar-refractivity contribution in [1.29, 1.82) is 0 Å². The lowest BCUT2D eigenvalue weighted by atomic mass is 9.89. The largest absolute Gasteiger partial charge is 0.317 e. The first-order valence-electron chi connectivity index (χ1n) is 5.17. The Morgan fingerprint density at radius 2 is 1.81 bits per heavy atom. The molecular formula is C12H15N2O2+. The van der Waals surface area contributed by atoms with Crippen LogP contribution in [0.3, 0.4) is 0 Å². The first kappa shape index (κ1) is 10.7. The van der Waals surface area contributed by atoms with Gasteiger partial charge in [0, 0.05) is 11.0 Å². The summed E-state index contributed by atoms with van der Waals surface area (Å²) in [5, 5.41) is 13.5. The van der Waals surface area contributed by atoms with Gasteiger partial charge in [0.05, 0.1) is 0 Å². The maximum atomic E-state index is 9.62. The van der Waals surface area contributed by atoms with Gasteiger partial charge in [-0.25, -0.2) is 0 Å². The molecule has 0 aliphatic rings. The van der Waals surface area contributed by atoms with Crippen molar-refractivity contribution >= 4 is 0 Å². The first-order valence-corrected chi connectivity index (χ1v) is 5.17. The second-order valence-electron chi connectivity index (χ2n) is 4.76. The average molecular weight is 219 g/mol. The fraction of sp³-hybridized carbons (Fsp3) is 0.333. The van der Waals surface area contributed by atoms with E-state index in [1.54, 1.807) is 0 Å². The van der Waals surface area contributed by atoms with Gasteiger partial charge in [-0.05, 0) is 4.63 Å². The fourth-order valence-electron chi connectivity index (χ4n) is 1.68. The van der Waals surface area contributed by atoms with Crippen LogP contribution in [0.2, 0.25) is 0 Å². The van der Waals surface area contributed by atoms with Crippen molar-refractivity contribution in [2.45, 2.75) is 26.2 Å². The minimum absolute atomic E-state index is 0.236. The van der Waals surface area contributed by atoms with Gasteiger partial charge in [0.15, 0.2) is 5.16 Å². The quantitative estimate of drug-likeness (QED) is 0.748. The van der Waals surface area contributed by atoms with E-state index in [4.69, 9.17) is 4.63 Å². The zero-order valence-corrected chi connectivity index (χ0v) is 9.64. The van der Waals surface area contributed by atoms with Crippen molar-refractivity contribution in [3.05, 3.63) is 36.0 Å². The molecule has 0 fully saturated rings. The molecule has 0 unspecified atom stereocenters. The zero-order valence-electron chi connectivity index (χ0n) is 9.64. The Kier molecular flexibility index (Phi) is 2.42. The molecule has 0 saturated carbocycles. The first-order chi connectivity index (χ1) is 7.50. The normalized spacial score (nSPS) is 11.7. The summed E-state index contributed by atoms with van der Waals surface area (Å²) in [5.74, 6) is 0. The summed E-state index contributed by atoms with van der Waals surface area (Å²) in [6.07, 6.45) is 0. The maximum Gasteiger partial charge on any atom is 0.281 e. The number of hydrogen-bond acceptors (Lipinski definition) is 3. The van der Waals surface area contributed by atoms with E-state index in [-0.39, 0.29) is 5.41 Å². The van der Waals surface area contributed by atoms with Crippen LogP contribution in [-0.4, -0.2) is 10.4 Å². The summed E-state index contributed by atoms with van der Waals surface area (Å²) in [5.41, 5.74) is 2.04. The Balaban J connectivity index is 2.60. The van der Waals surface area contributed by atoms with Gasteiger partial charge in [-0.3, -0.25) is 0 Å². The Hall–Kier alpha value is -1.84. The van der Waals surface area contributed by atoms with Crippen LogP contribution in [0.4, 0.5) is 0 Å². The van der Waals surface area contributed by atoms with Crippen LogP contribution < -0.4 is 4.90 Å². The molecule has 0 amide bonds. The van der Waals surface area contributed by atoms with Crippen molar-refractivity contribution in [3.63, 3.8) is 0 Å². The average Bonchev–Trinajstić information content (AvgIpc) is 2.61. The molecule has 1 aromatic carbocycles. The highest BCUT2D eigenvalue weighted by molar-refractivity contribution is 5.60. The van der Waals surface area contributed by atoms with Gasteiger partial charge in [0.1, 0.15) is 4.90 Å². The van der Waals surface area contributed by atoms with Crippen LogP contribution in [-0.2, 0) is 5.41 Å². The number of benzene rings is 1. The highest BCUT2D eigenvalue weighted by Crippen LogP contribution is 2.28. The molecule has 0 saturated heterocycles. The minimum Gasteiger partial charge on any atom is -0.317 e. The molecule has 0 aliphatic heterocycles. The van der Waals surface area contributed by atoms with Gasteiger partial charge in [0.25, 0.3) is 11.4 Å². The van der Waals surface area contributed by atoms with E-state index in [9.17, 15) is 5.21 Å². The zero-order chi connectivity index (χ0) is 11.8. The lowest BCUT2D eigenvalue weighted by molar-refractivity contribution is -1.04. The Morgan fingerprint density at radius 3 is 2.38 bits per heavy atom. The minimum atomic E-state index is -0.236. The molecule has 16 heavy (non-hydrogen) atoms. The van der Waals surface area contributed by atoms with E-state index >= 15 is 0 Å². The Labute approximate surface area is 94.0 Å². The summed E-state index contributed by atoms with van der Waals surface area (Å²) >= 11 is 0. The van der Waals surface area contributed by atoms with E-state index in [2.05, 4.69) is 5.16 Å². The Morgan fingerprint density at radius 1 is 1.19 bits per heavy atom. The topological polar surface area (TPSA) is 50.1 Å². The molecule has 1 N–H and O–H groups in total. The number of nitrogens with zero attached hydrogens (tertiary/aromatic N) is 2. The van der Waals surface area contributed by atoms with Crippen LogP contribution in [0.1, 0.15) is 26.5 Å². The second kappa shape index (κ2) is 3.63. The number of aromatic nitrogens is 2. The summed E-state index contributed by atoms with van der Waals surface area (Å²) < 4.78 is 4.80. The third-order valence-corrected chi connectivity index (χ3v) is 2.38. The van der Waals surface area contributed by atoms with Crippen LogP contribution in [0.15, 0.2) is 35.0 Å². The van der Waals surface area contributed by atoms with Gasteiger partial charge in [0.2, 0.25) is 0 Å². The molecule has 1 aromatic heterocycles. The number of rotatable bonds is 1. The maximum absolute atomic E-state index is 9.62. The molecule has 4 heteroatoms. The third-order valence-electron chi connectivity index (χ3n) is 2.38. The van der Waals surface area contributed by atoms with Crippen molar-refractivity contribution in [3.8, 4) is 11.3 Å². The Bertz CT molecular complexity index is 483. The summed E-state index contributed by atoms with van der Waals surface area (Å²) in [7, 11) is 0. The summed E-state index contributed by atoms with van der Waals surface area (Å²) in [6.45, 7) is 6.00. The SMILES string of the molecule is CC(C)(C)c1c(-c2ccccc2)no[n+]1O. The van der Waals surface area contributed by atoms with Crippen LogP contribution in [0, 0.1) is 0 Å². The molecule has 0 aliphatic carbocycles. The van der Waals surface area contributed by atoms with Crippen LogP contribution >= 0.6 is 0 Å². The molecule has 2 aromatic rings. The van der Waals surface area contributed by atoms with Gasteiger partial charge in [-0.1, -0.05) is 51.1 Å². The van der Waals surface area contributed by atoms with Gasteiger partial charge in [-0.2, -0.15) is 0 Å². The fourth-order valence-corrected chi connectivity index (χ4v) is 1.68. The van der Waals surface area contributed by atoms with Gasteiger partial charge < -0.3 is 5.21 Å². The molecular weight excluding hydrogens is 204 g/mol. The van der Waals surface area contributed by atoms with Gasteiger partial charge >= 0.3 is 0 Å². The van der Waals surface area contributed by atoms with Crippen LogP contribution in [0.5, 0.6) is 0 Å². The van der Waals surface area contributed by atoms with E-state index in [1.165, 1.54) is 0 Å². The number of hydrogen-bond donors (Lipinski definition) is 1. The molecule has 0 bridgehead atoms. The molecule has 2 rings (SSSR count). The molecule has 0 radical (unpaired) electrons. The predicted octanol–water partition coefficient (Wildman–Crippen LogP) is 2.16. The lowest BCUT2D eigenvalue weighted by Crippen LogP contribution is -2.38. The monoisotopic (exact) mass is 219 g/mol. The molecule has 4 nitrogen and oxygen atoms in total. The third kappa shape index (κ3) is 1.78. The standard InChI is InChI=1S/C12H15N2O2/c1-12(2,3)11-10(13-16-14(11)15)9-7-5-4-6-8-9/h4-8,15H,1-3H3/q+1. The van der Waals surface area contributed by atoms with Crippen molar-refractivity contribution in [2.24, 2.45) is 0 Å². The molecule has 1 heterocycles. The molecule has 0 atom stereocenters. The molecule has 84 valence electrons. The van der Waals surface area contributed by atoms with Crippen molar-refractivity contribution in [2.75, 3.05) is 0 Å². The highest BCUT2D eigenvalue weighted by atomic mass is 16.8. The summed E-state index contributed by atoms with van der Waals surface area (Å²) in [6, 6.07) is 9.67. The summed E-state index contributed by atoms with van der Waals surface area (Å²) in [4.78, 5) is 0.738. The highest BCUT2D eigenvalue weighted by Gasteiger charge is 2.35.